The Morgan fingerprint density at radius 2 is 2.07 bits per heavy atom. The lowest BCUT2D eigenvalue weighted by atomic mass is 9.98. The summed E-state index contributed by atoms with van der Waals surface area (Å²) in [5.74, 6) is 0. The zero-order valence-electron chi connectivity index (χ0n) is 9.08. The summed E-state index contributed by atoms with van der Waals surface area (Å²) in [6.45, 7) is 1.40. The molecule has 2 nitrogen and oxygen atoms in total. The number of rotatable bonds is 4. The Balaban J connectivity index is 2.05. The quantitative estimate of drug-likeness (QED) is 0.781. The molecule has 1 heterocycles. The lowest BCUT2D eigenvalue weighted by Crippen LogP contribution is -2.24. The third kappa shape index (κ3) is 2.80. The minimum Gasteiger partial charge on any atom is -0.396 e. The van der Waals surface area contributed by atoms with Crippen molar-refractivity contribution in [3.63, 3.8) is 0 Å². The molecule has 1 aromatic carbocycles. The second kappa shape index (κ2) is 5.29. The van der Waals surface area contributed by atoms with Gasteiger partial charge in [0.2, 0.25) is 0 Å². The Morgan fingerprint density at radius 1 is 1.27 bits per heavy atom. The van der Waals surface area contributed by atoms with Gasteiger partial charge in [-0.05, 0) is 43.4 Å². The van der Waals surface area contributed by atoms with Crippen LogP contribution in [0.1, 0.15) is 24.0 Å². The molecular formula is C13H19NO. The summed E-state index contributed by atoms with van der Waals surface area (Å²) in [7, 11) is 0. The maximum absolute atomic E-state index is 8.99. The molecular weight excluding hydrogens is 186 g/mol. The van der Waals surface area contributed by atoms with E-state index >= 15 is 0 Å². The van der Waals surface area contributed by atoms with Gasteiger partial charge >= 0.3 is 0 Å². The summed E-state index contributed by atoms with van der Waals surface area (Å²) in [4.78, 5) is 0. The van der Waals surface area contributed by atoms with Gasteiger partial charge in [-0.3, -0.25) is 0 Å². The summed E-state index contributed by atoms with van der Waals surface area (Å²) in [5.41, 5.74) is 2.69. The largest absolute Gasteiger partial charge is 0.396 e. The van der Waals surface area contributed by atoms with E-state index in [1.54, 1.807) is 0 Å². The van der Waals surface area contributed by atoms with E-state index in [4.69, 9.17) is 5.11 Å². The van der Waals surface area contributed by atoms with Crippen LogP contribution in [0.5, 0.6) is 0 Å². The van der Waals surface area contributed by atoms with Crippen LogP contribution in [0.2, 0.25) is 0 Å². The third-order valence-electron chi connectivity index (χ3n) is 3.13. The SMILES string of the molecule is OCCc1ccccc1CC1CCCN1. The van der Waals surface area contributed by atoms with Gasteiger partial charge in [0.25, 0.3) is 0 Å². The molecule has 1 aliphatic rings. The molecule has 2 heteroatoms. The lowest BCUT2D eigenvalue weighted by Gasteiger charge is -2.13. The average Bonchev–Trinajstić information content (AvgIpc) is 2.74. The molecule has 1 atom stereocenters. The van der Waals surface area contributed by atoms with Crippen molar-refractivity contribution >= 4 is 0 Å². The molecule has 1 aliphatic heterocycles. The van der Waals surface area contributed by atoms with E-state index in [0.717, 1.165) is 19.4 Å². The predicted octanol–water partition coefficient (Wildman–Crippen LogP) is 1.52. The van der Waals surface area contributed by atoms with Crippen LogP contribution in [0.3, 0.4) is 0 Å². The lowest BCUT2D eigenvalue weighted by molar-refractivity contribution is 0.299. The molecule has 1 unspecified atom stereocenters. The molecule has 1 fully saturated rings. The first-order chi connectivity index (χ1) is 7.40. The highest BCUT2D eigenvalue weighted by molar-refractivity contribution is 5.28. The summed E-state index contributed by atoms with van der Waals surface area (Å²) >= 11 is 0. The maximum Gasteiger partial charge on any atom is 0.0471 e. The van der Waals surface area contributed by atoms with Gasteiger partial charge in [0.05, 0.1) is 0 Å². The number of nitrogens with one attached hydrogen (secondary N) is 1. The molecule has 0 aromatic heterocycles. The van der Waals surface area contributed by atoms with Crippen LogP contribution >= 0.6 is 0 Å². The van der Waals surface area contributed by atoms with Gasteiger partial charge < -0.3 is 10.4 Å². The molecule has 15 heavy (non-hydrogen) atoms. The van der Waals surface area contributed by atoms with Crippen LogP contribution in [0, 0.1) is 0 Å². The Morgan fingerprint density at radius 3 is 2.73 bits per heavy atom. The molecule has 0 saturated carbocycles. The Bertz CT molecular complexity index is 305. The normalized spacial score (nSPS) is 20.7. The van der Waals surface area contributed by atoms with Crippen molar-refractivity contribution in [1.82, 2.24) is 5.32 Å². The molecule has 0 bridgehead atoms. The Labute approximate surface area is 91.3 Å². The highest BCUT2D eigenvalue weighted by Crippen LogP contribution is 2.16. The highest BCUT2D eigenvalue weighted by atomic mass is 16.2. The molecule has 0 radical (unpaired) electrons. The van der Waals surface area contributed by atoms with Crippen molar-refractivity contribution in [1.29, 1.82) is 0 Å². The fourth-order valence-corrected chi connectivity index (χ4v) is 2.32. The van der Waals surface area contributed by atoms with Crippen molar-refractivity contribution < 1.29 is 5.11 Å². The number of aliphatic hydroxyl groups excluding tert-OH is 1. The second-order valence-corrected chi connectivity index (χ2v) is 4.24. The van der Waals surface area contributed by atoms with Gasteiger partial charge in [-0.1, -0.05) is 24.3 Å². The Kier molecular flexibility index (Phi) is 3.75. The van der Waals surface area contributed by atoms with Crippen molar-refractivity contribution in [3.8, 4) is 0 Å². The summed E-state index contributed by atoms with van der Waals surface area (Å²) in [6.07, 6.45) is 4.47. The first-order valence-electron chi connectivity index (χ1n) is 5.81. The van der Waals surface area contributed by atoms with Crippen molar-refractivity contribution in [2.24, 2.45) is 0 Å². The Hall–Kier alpha value is -0.860. The molecule has 82 valence electrons. The third-order valence-corrected chi connectivity index (χ3v) is 3.13. The van der Waals surface area contributed by atoms with E-state index in [0.29, 0.717) is 6.04 Å². The smallest absolute Gasteiger partial charge is 0.0471 e. The van der Waals surface area contributed by atoms with Gasteiger partial charge in [-0.2, -0.15) is 0 Å². The molecule has 1 saturated heterocycles. The van der Waals surface area contributed by atoms with Crippen molar-refractivity contribution in [2.45, 2.75) is 31.7 Å². The summed E-state index contributed by atoms with van der Waals surface area (Å²) in [6, 6.07) is 9.09. The zero-order chi connectivity index (χ0) is 10.5. The molecule has 1 aromatic rings. The van der Waals surface area contributed by atoms with E-state index in [-0.39, 0.29) is 6.61 Å². The molecule has 2 rings (SSSR count). The molecule has 0 spiro atoms. The first-order valence-corrected chi connectivity index (χ1v) is 5.81. The molecule has 0 aliphatic carbocycles. The fourth-order valence-electron chi connectivity index (χ4n) is 2.32. The van der Waals surface area contributed by atoms with Crippen LogP contribution in [-0.2, 0) is 12.8 Å². The van der Waals surface area contributed by atoms with Crippen molar-refractivity contribution in [3.05, 3.63) is 35.4 Å². The number of aliphatic hydroxyl groups is 1. The van der Waals surface area contributed by atoms with Crippen LogP contribution in [0.25, 0.3) is 0 Å². The summed E-state index contributed by atoms with van der Waals surface area (Å²) in [5, 5.41) is 12.5. The van der Waals surface area contributed by atoms with E-state index in [1.807, 2.05) is 0 Å². The first kappa shape index (κ1) is 10.7. The predicted molar refractivity (Wildman–Crippen MR) is 62.0 cm³/mol. The number of hydrogen-bond acceptors (Lipinski definition) is 2. The van der Waals surface area contributed by atoms with Gasteiger partial charge in [0.1, 0.15) is 0 Å². The minimum atomic E-state index is 0.245. The second-order valence-electron chi connectivity index (χ2n) is 4.24. The van der Waals surface area contributed by atoms with Crippen molar-refractivity contribution in [2.75, 3.05) is 13.2 Å². The van der Waals surface area contributed by atoms with Gasteiger partial charge in [-0.25, -0.2) is 0 Å². The monoisotopic (exact) mass is 205 g/mol. The maximum atomic E-state index is 8.99. The van der Waals surface area contributed by atoms with E-state index in [2.05, 4.69) is 29.6 Å². The van der Waals surface area contributed by atoms with Gasteiger partial charge in [0.15, 0.2) is 0 Å². The van der Waals surface area contributed by atoms with E-state index in [9.17, 15) is 0 Å². The van der Waals surface area contributed by atoms with Crippen LogP contribution in [-0.4, -0.2) is 24.3 Å². The average molecular weight is 205 g/mol. The molecule has 0 amide bonds. The zero-order valence-corrected chi connectivity index (χ0v) is 9.08. The van der Waals surface area contributed by atoms with Crippen LogP contribution in [0.4, 0.5) is 0 Å². The summed E-state index contributed by atoms with van der Waals surface area (Å²) < 4.78 is 0. The van der Waals surface area contributed by atoms with Gasteiger partial charge in [0, 0.05) is 12.6 Å². The number of hydrogen-bond donors (Lipinski definition) is 2. The van der Waals surface area contributed by atoms with Crippen LogP contribution in [0.15, 0.2) is 24.3 Å². The van der Waals surface area contributed by atoms with E-state index < -0.39 is 0 Å². The standard InChI is InChI=1S/C13H19NO/c15-9-7-11-4-1-2-5-12(11)10-13-6-3-8-14-13/h1-2,4-5,13-15H,3,6-10H2. The fraction of sp³-hybridized carbons (Fsp3) is 0.538. The molecule has 2 N–H and O–H groups in total. The highest BCUT2D eigenvalue weighted by Gasteiger charge is 2.15. The van der Waals surface area contributed by atoms with E-state index in [1.165, 1.54) is 24.0 Å². The van der Waals surface area contributed by atoms with Crippen LogP contribution < -0.4 is 5.32 Å². The number of benzene rings is 1. The minimum absolute atomic E-state index is 0.245. The topological polar surface area (TPSA) is 32.3 Å². The van der Waals surface area contributed by atoms with Gasteiger partial charge in [-0.15, -0.1) is 0 Å².